The quantitative estimate of drug-likeness (QED) is 0.393. The molecule has 0 saturated carbocycles. The highest BCUT2D eigenvalue weighted by Gasteiger charge is 2.37. The molecule has 0 spiro atoms. The van der Waals surface area contributed by atoms with E-state index in [-0.39, 0.29) is 47.6 Å². The fourth-order valence-corrected chi connectivity index (χ4v) is 8.43. The van der Waals surface area contributed by atoms with E-state index in [4.69, 9.17) is 4.74 Å². The first-order chi connectivity index (χ1) is 21.5. The van der Waals surface area contributed by atoms with E-state index in [9.17, 15) is 13.2 Å². The van der Waals surface area contributed by atoms with Crippen molar-refractivity contribution in [2.24, 2.45) is 5.92 Å². The van der Waals surface area contributed by atoms with E-state index in [0.717, 1.165) is 25.9 Å². The van der Waals surface area contributed by atoms with E-state index >= 15 is 13.2 Å². The maximum Gasteiger partial charge on any atom is 0.276 e. The first kappa shape index (κ1) is 31.9. The van der Waals surface area contributed by atoms with Crippen LogP contribution in [0, 0.1) is 11.7 Å². The fraction of sp³-hybridized carbons (Fsp3) is 0.594. The lowest BCUT2D eigenvalue weighted by molar-refractivity contribution is -0.0252. The summed E-state index contributed by atoms with van der Waals surface area (Å²) in [6.07, 6.45) is 3.48. The Bertz CT molecular complexity index is 1690. The summed E-state index contributed by atoms with van der Waals surface area (Å²) in [5, 5.41) is 3.69. The van der Waals surface area contributed by atoms with Crippen molar-refractivity contribution in [3.05, 3.63) is 63.5 Å². The fourth-order valence-electron chi connectivity index (χ4n) is 6.94. The van der Waals surface area contributed by atoms with Crippen molar-refractivity contribution < 1.29 is 26.3 Å². The Kier molecular flexibility index (Phi) is 9.22. The number of halogens is 3. The molecule has 9 nitrogen and oxygen atoms in total. The minimum absolute atomic E-state index is 0.00316. The number of aromatic nitrogens is 3. The van der Waals surface area contributed by atoms with E-state index in [1.165, 1.54) is 24.5 Å². The summed E-state index contributed by atoms with van der Waals surface area (Å²) in [4.78, 5) is 25.0. The largest absolute Gasteiger partial charge is 0.378 e. The number of anilines is 1. The van der Waals surface area contributed by atoms with Crippen LogP contribution in [0.4, 0.5) is 19.0 Å². The number of benzene rings is 1. The van der Waals surface area contributed by atoms with Crippen LogP contribution >= 0.6 is 0 Å². The standard InChI is InChI=1S/C32H40F3N5O4S/c1-21-24-3-2-4-27(28(24)33)32(34,35)10-5-22-6-11-39(12-7-22)13-15-44-16-14-40-30-26(29(38-21)36-20-37-30)19-25(31(40)41)23-8-17-45(42,43)18-9-23/h2-4,19-23H,5-18H2,1H3,(H,36,37,38)/t21-/m1/s1. The van der Waals surface area contributed by atoms with Crippen LogP contribution in [0.1, 0.15) is 74.1 Å². The van der Waals surface area contributed by atoms with Crippen LogP contribution in [0.25, 0.3) is 11.0 Å². The molecule has 2 saturated heterocycles. The average Bonchev–Trinajstić information content (AvgIpc) is 3.01. The van der Waals surface area contributed by atoms with Crippen molar-refractivity contribution in [1.82, 2.24) is 19.4 Å². The molecule has 45 heavy (non-hydrogen) atoms. The lowest BCUT2D eigenvalue weighted by atomic mass is 9.89. The van der Waals surface area contributed by atoms with Gasteiger partial charge in [0.1, 0.15) is 33.4 Å². The third-order valence-electron chi connectivity index (χ3n) is 9.73. The van der Waals surface area contributed by atoms with Gasteiger partial charge in [-0.25, -0.2) is 31.6 Å². The predicted molar refractivity (Wildman–Crippen MR) is 166 cm³/mol. The van der Waals surface area contributed by atoms with Crippen molar-refractivity contribution in [2.45, 2.75) is 69.9 Å². The molecule has 4 aliphatic rings. The second-order valence-corrected chi connectivity index (χ2v) is 15.0. The van der Waals surface area contributed by atoms with E-state index in [1.54, 1.807) is 17.6 Å². The molecule has 0 amide bonds. The first-order valence-electron chi connectivity index (χ1n) is 15.8. The molecule has 1 aromatic carbocycles. The second-order valence-electron chi connectivity index (χ2n) is 12.7. The number of nitrogens with zero attached hydrogens (tertiary/aromatic N) is 4. The van der Waals surface area contributed by atoms with Gasteiger partial charge in [0, 0.05) is 24.1 Å². The highest BCUT2D eigenvalue weighted by atomic mass is 32.2. The molecule has 4 aliphatic heterocycles. The Morgan fingerprint density at radius 1 is 0.978 bits per heavy atom. The van der Waals surface area contributed by atoms with Gasteiger partial charge in [-0.05, 0) is 70.0 Å². The number of rotatable bonds is 1. The first-order valence-corrected chi connectivity index (χ1v) is 17.7. The smallest absolute Gasteiger partial charge is 0.276 e. The number of alkyl halides is 2. The predicted octanol–water partition coefficient (Wildman–Crippen LogP) is 5.01. The topological polar surface area (TPSA) is 106 Å². The van der Waals surface area contributed by atoms with Crippen LogP contribution < -0.4 is 10.9 Å². The lowest BCUT2D eigenvalue weighted by Gasteiger charge is -2.32. The molecule has 0 unspecified atom stereocenters. The number of hydrogen-bond donors (Lipinski definition) is 1. The van der Waals surface area contributed by atoms with Gasteiger partial charge in [0.05, 0.1) is 48.3 Å². The van der Waals surface area contributed by atoms with Crippen LogP contribution in [0.2, 0.25) is 0 Å². The van der Waals surface area contributed by atoms with Crippen molar-refractivity contribution in [1.29, 1.82) is 0 Å². The van der Waals surface area contributed by atoms with Gasteiger partial charge in [0.25, 0.3) is 11.5 Å². The summed E-state index contributed by atoms with van der Waals surface area (Å²) in [7, 11) is -3.15. The molecular weight excluding hydrogens is 607 g/mol. The molecule has 2 aromatic heterocycles. The summed E-state index contributed by atoms with van der Waals surface area (Å²) >= 11 is 0. The number of fused-ring (bicyclic) bond motifs is 9. The summed E-state index contributed by atoms with van der Waals surface area (Å²) < 4.78 is 78.6. The number of sulfone groups is 1. The Labute approximate surface area is 261 Å². The molecular formula is C32H40F3N5O4S. The molecule has 0 radical (unpaired) electrons. The number of ether oxygens (including phenoxy) is 1. The number of piperidine rings is 1. The van der Waals surface area contributed by atoms with E-state index < -0.39 is 39.6 Å². The van der Waals surface area contributed by atoms with Gasteiger partial charge < -0.3 is 15.0 Å². The molecule has 244 valence electrons. The van der Waals surface area contributed by atoms with Crippen molar-refractivity contribution >= 4 is 26.7 Å². The Morgan fingerprint density at radius 2 is 1.71 bits per heavy atom. The van der Waals surface area contributed by atoms with E-state index in [1.807, 2.05) is 0 Å². The molecule has 8 bridgehead atoms. The molecule has 0 aliphatic carbocycles. The van der Waals surface area contributed by atoms with Crippen LogP contribution in [0.3, 0.4) is 0 Å². The summed E-state index contributed by atoms with van der Waals surface area (Å²) in [5.74, 6) is -4.05. The minimum atomic E-state index is -3.32. The number of pyridine rings is 1. The van der Waals surface area contributed by atoms with Gasteiger partial charge >= 0.3 is 0 Å². The van der Waals surface area contributed by atoms with Gasteiger partial charge in [0.2, 0.25) is 0 Å². The molecule has 6 heterocycles. The SMILES string of the molecule is C[C@H]1Nc2ncnc3c2cc(C2CCS(=O)(=O)CC2)c(=O)n3CCOCCN2CCC(CC2)CCC(F)(F)c2cccc1c2F. The van der Waals surface area contributed by atoms with E-state index in [0.29, 0.717) is 54.8 Å². The third-order valence-corrected chi connectivity index (χ3v) is 11.4. The molecule has 1 atom stereocenters. The zero-order valence-corrected chi connectivity index (χ0v) is 26.3. The minimum Gasteiger partial charge on any atom is -0.378 e. The van der Waals surface area contributed by atoms with Crippen molar-refractivity contribution in [3.8, 4) is 0 Å². The van der Waals surface area contributed by atoms with Crippen LogP contribution in [0.15, 0.2) is 35.4 Å². The van der Waals surface area contributed by atoms with E-state index in [2.05, 4.69) is 20.2 Å². The third kappa shape index (κ3) is 6.90. The van der Waals surface area contributed by atoms with Gasteiger partial charge in [-0.1, -0.05) is 18.2 Å². The molecule has 3 aromatic rings. The highest BCUT2D eigenvalue weighted by Crippen LogP contribution is 2.39. The lowest BCUT2D eigenvalue weighted by Crippen LogP contribution is -2.36. The Balaban J connectivity index is 1.41. The number of hydrogen-bond acceptors (Lipinski definition) is 8. The average molecular weight is 648 g/mol. The van der Waals surface area contributed by atoms with Crippen molar-refractivity contribution in [3.63, 3.8) is 0 Å². The highest BCUT2D eigenvalue weighted by molar-refractivity contribution is 7.91. The summed E-state index contributed by atoms with van der Waals surface area (Å²) in [5.41, 5.74) is 0.0448. The summed E-state index contributed by atoms with van der Waals surface area (Å²) in [6, 6.07) is 5.07. The monoisotopic (exact) mass is 647 g/mol. The summed E-state index contributed by atoms with van der Waals surface area (Å²) in [6.45, 7) is 4.91. The van der Waals surface area contributed by atoms with Gasteiger partial charge in [-0.15, -0.1) is 0 Å². The van der Waals surface area contributed by atoms with Gasteiger partial charge in [-0.3, -0.25) is 9.36 Å². The van der Waals surface area contributed by atoms with Crippen molar-refractivity contribution in [2.75, 3.05) is 49.7 Å². The zero-order valence-electron chi connectivity index (χ0n) is 25.5. The Morgan fingerprint density at radius 3 is 2.47 bits per heavy atom. The van der Waals surface area contributed by atoms with Crippen LogP contribution in [0.5, 0.6) is 0 Å². The number of nitrogens with one attached hydrogen (secondary N) is 1. The zero-order chi connectivity index (χ0) is 31.8. The molecule has 1 N–H and O–H groups in total. The Hall–Kier alpha value is -3.03. The normalized spacial score (nSPS) is 26.3. The second kappa shape index (κ2) is 13.0. The molecule has 7 rings (SSSR count). The van der Waals surface area contributed by atoms with Gasteiger partial charge in [-0.2, -0.15) is 0 Å². The van der Waals surface area contributed by atoms with Crippen LogP contribution in [-0.4, -0.2) is 72.2 Å². The van der Waals surface area contributed by atoms with Gasteiger partial charge in [0.15, 0.2) is 0 Å². The van der Waals surface area contributed by atoms with Crippen LogP contribution in [-0.2, 0) is 27.0 Å². The maximum atomic E-state index is 15.8. The molecule has 2 fully saturated rings. The maximum absolute atomic E-state index is 15.8. The molecule has 13 heteroatoms.